The molecule has 1 aliphatic rings. The second kappa shape index (κ2) is 16.5. The molecular formula is C39H45F2N5O6. The Morgan fingerprint density at radius 1 is 0.923 bits per heavy atom. The number of hydrogen-bond donors (Lipinski definition) is 1. The molecule has 1 N–H and O–H groups in total. The Bertz CT molecular complexity index is 1970. The van der Waals surface area contributed by atoms with Gasteiger partial charge in [0.2, 0.25) is 11.7 Å². The number of aliphatic hydroxyl groups is 1. The van der Waals surface area contributed by atoms with E-state index in [0.29, 0.717) is 53.6 Å². The summed E-state index contributed by atoms with van der Waals surface area (Å²) < 4.78 is 52.8. The molecule has 2 aromatic heterocycles. The number of fused-ring (bicyclic) bond motifs is 1. The van der Waals surface area contributed by atoms with Gasteiger partial charge in [-0.25, -0.2) is 13.8 Å². The molecule has 52 heavy (non-hydrogen) atoms. The van der Waals surface area contributed by atoms with Crippen molar-refractivity contribution in [2.24, 2.45) is 0 Å². The van der Waals surface area contributed by atoms with Crippen molar-refractivity contribution in [3.05, 3.63) is 101 Å². The number of rotatable bonds is 14. The molecule has 0 radical (unpaired) electrons. The molecule has 3 heterocycles. The summed E-state index contributed by atoms with van der Waals surface area (Å²) in [4.78, 5) is 25.0. The molecule has 5 aromatic rings. The molecule has 1 aliphatic heterocycles. The highest BCUT2D eigenvalue weighted by Crippen LogP contribution is 2.38. The minimum absolute atomic E-state index is 0.157. The van der Waals surface area contributed by atoms with Crippen LogP contribution in [0.25, 0.3) is 11.0 Å². The quantitative estimate of drug-likeness (QED) is 0.150. The number of aromatic nitrogens is 2. The molecule has 0 bridgehead atoms. The molecular weight excluding hydrogens is 672 g/mol. The molecule has 0 spiro atoms. The zero-order valence-corrected chi connectivity index (χ0v) is 30.0. The second-order valence-corrected chi connectivity index (χ2v) is 13.0. The Labute approximate surface area is 301 Å². The SMILES string of the molecule is COc1cc(C(=O)N(C)CC(CCN2CCCN(c3nc4ccccc4n3Cc3ccc(CO)o3)CC2)c2ccc(F)c(F)c2)cc(OC)c1OC. The number of amides is 1. The lowest BCUT2D eigenvalue weighted by Gasteiger charge is -2.28. The number of benzene rings is 3. The minimum atomic E-state index is -0.920. The zero-order chi connectivity index (χ0) is 36.8. The minimum Gasteiger partial charge on any atom is -0.493 e. The standard InChI is InChI=1S/C39H45F2N5O6/c1-43(38(48)28-21-35(49-2)37(51-4)36(22-28)50-3)23-27(26-10-13-31(40)32(41)20-26)14-17-44-15-7-16-45(19-18-44)39-42-33-8-5-6-9-34(33)46(39)24-29-11-12-30(25-47)52-29/h5-6,8-13,20-22,27,47H,7,14-19,23-25H2,1-4H3. The van der Waals surface area contributed by atoms with Gasteiger partial charge < -0.3 is 43.0 Å². The summed E-state index contributed by atoms with van der Waals surface area (Å²) in [6.45, 7) is 4.44. The number of hydrogen-bond acceptors (Lipinski definition) is 9. The van der Waals surface area contributed by atoms with E-state index in [1.807, 2.05) is 30.3 Å². The fourth-order valence-corrected chi connectivity index (χ4v) is 6.91. The summed E-state index contributed by atoms with van der Waals surface area (Å²) in [6, 6.07) is 18.9. The molecule has 0 aliphatic carbocycles. The number of methoxy groups -OCH3 is 3. The van der Waals surface area contributed by atoms with Crippen molar-refractivity contribution in [1.29, 1.82) is 0 Å². The average Bonchev–Trinajstić information content (AvgIpc) is 3.70. The molecule has 1 saturated heterocycles. The number of likely N-dealkylation sites (N-methyl/N-ethyl adjacent to an activating group) is 1. The lowest BCUT2D eigenvalue weighted by atomic mass is 9.94. The topological polar surface area (TPSA) is 106 Å². The maximum atomic E-state index is 14.5. The van der Waals surface area contributed by atoms with Gasteiger partial charge in [0.25, 0.3) is 5.91 Å². The zero-order valence-electron chi connectivity index (χ0n) is 30.0. The Morgan fingerprint density at radius 3 is 2.37 bits per heavy atom. The van der Waals surface area contributed by atoms with Crippen LogP contribution < -0.4 is 19.1 Å². The second-order valence-electron chi connectivity index (χ2n) is 13.0. The van der Waals surface area contributed by atoms with E-state index in [-0.39, 0.29) is 25.0 Å². The third-order valence-electron chi connectivity index (χ3n) is 9.65. The van der Waals surface area contributed by atoms with Crippen molar-refractivity contribution in [2.75, 3.05) is 72.5 Å². The van der Waals surface area contributed by atoms with Crippen LogP contribution in [-0.4, -0.2) is 98.0 Å². The lowest BCUT2D eigenvalue weighted by Crippen LogP contribution is -2.35. The predicted octanol–water partition coefficient (Wildman–Crippen LogP) is 5.93. The van der Waals surface area contributed by atoms with Crippen LogP contribution in [0.1, 0.15) is 46.2 Å². The van der Waals surface area contributed by atoms with E-state index in [1.54, 1.807) is 36.2 Å². The predicted molar refractivity (Wildman–Crippen MR) is 194 cm³/mol. The van der Waals surface area contributed by atoms with Crippen molar-refractivity contribution in [2.45, 2.75) is 31.9 Å². The van der Waals surface area contributed by atoms with Gasteiger partial charge in [-0.05, 0) is 80.0 Å². The average molecular weight is 718 g/mol. The van der Waals surface area contributed by atoms with Crippen LogP contribution in [0, 0.1) is 11.6 Å². The summed E-state index contributed by atoms with van der Waals surface area (Å²) in [5.41, 5.74) is 2.86. The van der Waals surface area contributed by atoms with Crippen LogP contribution in [0.2, 0.25) is 0 Å². The fraction of sp³-hybridized carbons (Fsp3) is 0.385. The molecule has 276 valence electrons. The van der Waals surface area contributed by atoms with Gasteiger partial charge in [0, 0.05) is 44.7 Å². The first-order valence-electron chi connectivity index (χ1n) is 17.3. The van der Waals surface area contributed by atoms with Gasteiger partial charge in [-0.2, -0.15) is 0 Å². The van der Waals surface area contributed by atoms with Crippen LogP contribution in [-0.2, 0) is 13.2 Å². The van der Waals surface area contributed by atoms with E-state index in [9.17, 15) is 18.7 Å². The third-order valence-corrected chi connectivity index (χ3v) is 9.65. The van der Waals surface area contributed by atoms with E-state index < -0.39 is 11.6 Å². The van der Waals surface area contributed by atoms with Crippen molar-refractivity contribution >= 4 is 22.9 Å². The van der Waals surface area contributed by atoms with Crippen molar-refractivity contribution in [1.82, 2.24) is 19.4 Å². The monoisotopic (exact) mass is 717 g/mol. The Morgan fingerprint density at radius 2 is 1.67 bits per heavy atom. The van der Waals surface area contributed by atoms with Crippen LogP contribution in [0.15, 0.2) is 71.1 Å². The van der Waals surface area contributed by atoms with Gasteiger partial charge >= 0.3 is 0 Å². The highest BCUT2D eigenvalue weighted by Gasteiger charge is 2.26. The summed E-state index contributed by atoms with van der Waals surface area (Å²) in [6.07, 6.45) is 1.51. The molecule has 0 saturated carbocycles. The first kappa shape index (κ1) is 36.6. The molecule has 6 rings (SSSR count). The highest BCUT2D eigenvalue weighted by atomic mass is 19.2. The fourth-order valence-electron chi connectivity index (χ4n) is 6.91. The third kappa shape index (κ3) is 8.00. The van der Waals surface area contributed by atoms with Gasteiger partial charge in [-0.15, -0.1) is 0 Å². The maximum absolute atomic E-state index is 14.5. The van der Waals surface area contributed by atoms with Gasteiger partial charge in [0.15, 0.2) is 23.1 Å². The number of ether oxygens (including phenoxy) is 3. The van der Waals surface area contributed by atoms with E-state index in [2.05, 4.69) is 14.4 Å². The Hall–Kier alpha value is -5.14. The maximum Gasteiger partial charge on any atom is 0.253 e. The number of carbonyl (C=O) groups is 1. The molecule has 1 unspecified atom stereocenters. The first-order valence-corrected chi connectivity index (χ1v) is 17.3. The summed E-state index contributed by atoms with van der Waals surface area (Å²) >= 11 is 0. The Kier molecular flexibility index (Phi) is 11.6. The van der Waals surface area contributed by atoms with Gasteiger partial charge in [0.1, 0.15) is 18.1 Å². The smallest absolute Gasteiger partial charge is 0.253 e. The number of nitrogens with zero attached hydrogens (tertiary/aromatic N) is 5. The largest absolute Gasteiger partial charge is 0.493 e. The molecule has 11 nitrogen and oxygen atoms in total. The number of furan rings is 1. The number of aliphatic hydroxyl groups excluding tert-OH is 1. The molecule has 3 aromatic carbocycles. The number of carbonyl (C=O) groups excluding carboxylic acids is 1. The van der Waals surface area contributed by atoms with E-state index in [0.717, 1.165) is 61.4 Å². The molecule has 13 heteroatoms. The lowest BCUT2D eigenvalue weighted by molar-refractivity contribution is 0.0782. The Balaban J connectivity index is 1.17. The summed E-state index contributed by atoms with van der Waals surface area (Å²) in [7, 11) is 6.17. The number of halogens is 2. The number of para-hydroxylation sites is 2. The molecule has 1 atom stereocenters. The highest BCUT2D eigenvalue weighted by molar-refractivity contribution is 5.95. The number of imidazole rings is 1. The van der Waals surface area contributed by atoms with Crippen LogP contribution >= 0.6 is 0 Å². The number of anilines is 1. The van der Waals surface area contributed by atoms with Gasteiger partial charge in [0.05, 0.1) is 38.9 Å². The summed E-state index contributed by atoms with van der Waals surface area (Å²) in [5, 5.41) is 9.51. The van der Waals surface area contributed by atoms with E-state index >= 15 is 0 Å². The molecule has 1 amide bonds. The first-order chi connectivity index (χ1) is 25.2. The van der Waals surface area contributed by atoms with Crippen LogP contribution in [0.4, 0.5) is 14.7 Å². The van der Waals surface area contributed by atoms with Crippen molar-refractivity contribution < 1.29 is 37.3 Å². The van der Waals surface area contributed by atoms with Crippen LogP contribution in [0.5, 0.6) is 17.2 Å². The van der Waals surface area contributed by atoms with E-state index in [1.165, 1.54) is 27.4 Å². The van der Waals surface area contributed by atoms with Crippen molar-refractivity contribution in [3.63, 3.8) is 0 Å². The molecule has 1 fully saturated rings. The van der Waals surface area contributed by atoms with Gasteiger partial charge in [-0.3, -0.25) is 4.79 Å². The van der Waals surface area contributed by atoms with Crippen LogP contribution in [0.3, 0.4) is 0 Å². The summed E-state index contributed by atoms with van der Waals surface area (Å²) in [5.74, 6) is 0.834. The van der Waals surface area contributed by atoms with Gasteiger partial charge in [-0.1, -0.05) is 18.2 Å². The van der Waals surface area contributed by atoms with Crippen molar-refractivity contribution in [3.8, 4) is 17.2 Å². The normalized spacial score (nSPS) is 14.3. The van der Waals surface area contributed by atoms with E-state index in [4.69, 9.17) is 23.6 Å².